The monoisotopic (exact) mass is 588 g/mol. The number of hydrogen-bond donors (Lipinski definition) is 1. The predicted molar refractivity (Wildman–Crippen MR) is 171 cm³/mol. The Hall–Kier alpha value is -1.82. The molecule has 6 rings (SSSR count). The van der Waals surface area contributed by atoms with E-state index in [0.717, 1.165) is 54.3 Å². The molecule has 236 valence electrons. The van der Waals surface area contributed by atoms with Crippen molar-refractivity contribution >= 4 is 0 Å². The largest absolute Gasteiger partial charge is 0.390 e. The van der Waals surface area contributed by atoms with E-state index < -0.39 is 5.60 Å². The number of hydrogen-bond acceptors (Lipinski definition) is 5. The Kier molecular flexibility index (Phi) is 9.08. The fraction of sp³-hybridized carbons (Fsp3) is 0.737. The van der Waals surface area contributed by atoms with Crippen LogP contribution in [0.2, 0.25) is 0 Å². The number of pyridine rings is 2. The van der Waals surface area contributed by atoms with Gasteiger partial charge in [-0.2, -0.15) is 0 Å². The van der Waals surface area contributed by atoms with E-state index in [4.69, 9.17) is 9.47 Å². The van der Waals surface area contributed by atoms with Crippen molar-refractivity contribution in [1.29, 1.82) is 0 Å². The van der Waals surface area contributed by atoms with Gasteiger partial charge in [0.25, 0.3) is 0 Å². The summed E-state index contributed by atoms with van der Waals surface area (Å²) >= 11 is 0. The molecule has 4 aliphatic carbocycles. The fourth-order valence-corrected chi connectivity index (χ4v) is 10.8. The summed E-state index contributed by atoms with van der Waals surface area (Å²) in [6, 6.07) is 12.2. The van der Waals surface area contributed by atoms with Crippen LogP contribution in [0.3, 0.4) is 0 Å². The highest BCUT2D eigenvalue weighted by Gasteiger charge is 2.62. The van der Waals surface area contributed by atoms with Crippen molar-refractivity contribution in [2.45, 2.75) is 130 Å². The summed E-state index contributed by atoms with van der Waals surface area (Å²) in [6.07, 6.45) is 16.2. The van der Waals surface area contributed by atoms with Gasteiger partial charge in [-0.3, -0.25) is 9.97 Å². The van der Waals surface area contributed by atoms with E-state index in [1.807, 2.05) is 44.4 Å². The first-order valence-electron chi connectivity index (χ1n) is 17.3. The Bertz CT molecular complexity index is 1180. The van der Waals surface area contributed by atoms with E-state index in [2.05, 4.69) is 48.9 Å². The molecular weight excluding hydrogens is 532 g/mol. The van der Waals surface area contributed by atoms with Crippen LogP contribution < -0.4 is 0 Å². The number of aliphatic hydroxyl groups is 1. The SMILES string of the molecule is C[C@H](CCC(C)(C)O)[C@H]1CC[C@H]2[C@@H]3CC[C@H]4[C@@H](OCc5ccccn5)[C@@H](OCc5ccccn5)CC[C@]4(C)[C@H]3CC[C@]12C. The van der Waals surface area contributed by atoms with Crippen LogP contribution in [0.15, 0.2) is 48.8 Å². The molecule has 43 heavy (non-hydrogen) atoms. The number of rotatable bonds is 10. The third-order valence-electron chi connectivity index (χ3n) is 13.0. The van der Waals surface area contributed by atoms with Crippen molar-refractivity contribution in [3.05, 3.63) is 60.2 Å². The highest BCUT2D eigenvalue weighted by atomic mass is 16.5. The van der Waals surface area contributed by atoms with Gasteiger partial charge in [0.1, 0.15) is 0 Å². The van der Waals surface area contributed by atoms with Crippen molar-refractivity contribution in [2.24, 2.45) is 46.3 Å². The molecular formula is C38H56N2O3. The molecule has 4 fully saturated rings. The van der Waals surface area contributed by atoms with E-state index in [1.54, 1.807) is 0 Å². The molecule has 2 aromatic heterocycles. The maximum atomic E-state index is 10.4. The Labute approximate surface area is 260 Å². The Balaban J connectivity index is 1.19. The van der Waals surface area contributed by atoms with Crippen molar-refractivity contribution in [1.82, 2.24) is 9.97 Å². The lowest BCUT2D eigenvalue weighted by molar-refractivity contribution is -0.206. The van der Waals surface area contributed by atoms with Crippen molar-refractivity contribution in [2.75, 3.05) is 0 Å². The third kappa shape index (κ3) is 6.33. The van der Waals surface area contributed by atoms with E-state index in [9.17, 15) is 5.11 Å². The van der Waals surface area contributed by atoms with Gasteiger partial charge >= 0.3 is 0 Å². The Morgan fingerprint density at radius 1 is 0.814 bits per heavy atom. The fourth-order valence-electron chi connectivity index (χ4n) is 10.8. The van der Waals surface area contributed by atoms with Gasteiger partial charge in [0.2, 0.25) is 0 Å². The molecule has 10 atom stereocenters. The van der Waals surface area contributed by atoms with Gasteiger partial charge in [0, 0.05) is 12.4 Å². The lowest BCUT2D eigenvalue weighted by Crippen LogP contribution is -2.59. The maximum Gasteiger partial charge on any atom is 0.0893 e. The molecule has 0 unspecified atom stereocenters. The van der Waals surface area contributed by atoms with E-state index in [-0.39, 0.29) is 17.6 Å². The van der Waals surface area contributed by atoms with Crippen molar-refractivity contribution in [3.8, 4) is 0 Å². The van der Waals surface area contributed by atoms with Crippen LogP contribution in [-0.2, 0) is 22.7 Å². The van der Waals surface area contributed by atoms with Gasteiger partial charge in [0.15, 0.2) is 0 Å². The first-order chi connectivity index (χ1) is 20.6. The van der Waals surface area contributed by atoms with Crippen molar-refractivity contribution in [3.63, 3.8) is 0 Å². The molecule has 5 heteroatoms. The molecule has 5 nitrogen and oxygen atoms in total. The number of aromatic nitrogens is 2. The summed E-state index contributed by atoms with van der Waals surface area (Å²) in [5.41, 5.74) is 2.15. The quantitative estimate of drug-likeness (QED) is 0.302. The van der Waals surface area contributed by atoms with Gasteiger partial charge in [0.05, 0.1) is 42.4 Å². The molecule has 0 aromatic carbocycles. The number of ether oxygens (including phenoxy) is 2. The topological polar surface area (TPSA) is 64.5 Å². The molecule has 4 aliphatic rings. The standard InChI is InChI=1S/C38H56N2O3/c1-26(16-19-36(2,3)41)30-14-15-31-29-12-13-33-35(43-25-28-11-7-9-23-40-28)34(42-24-27-10-6-8-22-39-27)18-21-38(33,5)32(29)17-20-37(30,31)4/h6-11,22-23,26,29-35,41H,12-21,24-25H2,1-5H3/t26-,29+,30-,31+,32+,33+,34+,35-,37-,38-/m1/s1. The highest BCUT2D eigenvalue weighted by Crippen LogP contribution is 2.68. The molecule has 4 saturated carbocycles. The van der Waals surface area contributed by atoms with Gasteiger partial charge in [-0.05, 0) is 149 Å². The normalized spacial score (nSPS) is 38.1. The summed E-state index contributed by atoms with van der Waals surface area (Å²) in [5, 5.41) is 10.4. The van der Waals surface area contributed by atoms with Crippen LogP contribution in [0.25, 0.3) is 0 Å². The number of fused-ring (bicyclic) bond motifs is 5. The zero-order valence-electron chi connectivity index (χ0n) is 27.4. The Morgan fingerprint density at radius 2 is 1.44 bits per heavy atom. The average molecular weight is 589 g/mol. The third-order valence-corrected chi connectivity index (χ3v) is 13.0. The molecule has 2 aromatic rings. The average Bonchev–Trinajstić information content (AvgIpc) is 3.36. The molecule has 0 spiro atoms. The molecule has 1 N–H and O–H groups in total. The van der Waals surface area contributed by atoms with E-state index in [0.29, 0.717) is 30.5 Å². The van der Waals surface area contributed by atoms with Crippen LogP contribution in [-0.4, -0.2) is 32.9 Å². The van der Waals surface area contributed by atoms with Crippen LogP contribution in [0, 0.1) is 46.3 Å². The van der Waals surface area contributed by atoms with Gasteiger partial charge < -0.3 is 14.6 Å². The summed E-state index contributed by atoms with van der Waals surface area (Å²) in [5.74, 6) is 4.41. The summed E-state index contributed by atoms with van der Waals surface area (Å²) in [4.78, 5) is 9.09. The molecule has 0 bridgehead atoms. The summed E-state index contributed by atoms with van der Waals surface area (Å²) in [6.45, 7) is 12.8. The Morgan fingerprint density at radius 3 is 2.09 bits per heavy atom. The molecule has 0 aliphatic heterocycles. The minimum absolute atomic E-state index is 0.0805. The first-order valence-corrected chi connectivity index (χ1v) is 17.3. The highest BCUT2D eigenvalue weighted by molar-refractivity contribution is 5.12. The summed E-state index contributed by atoms with van der Waals surface area (Å²) in [7, 11) is 0. The molecule has 0 saturated heterocycles. The summed E-state index contributed by atoms with van der Waals surface area (Å²) < 4.78 is 13.5. The van der Waals surface area contributed by atoms with E-state index >= 15 is 0 Å². The maximum absolute atomic E-state index is 10.4. The lowest BCUT2D eigenvalue weighted by Gasteiger charge is -2.62. The van der Waals surface area contributed by atoms with Crippen LogP contribution >= 0.6 is 0 Å². The van der Waals surface area contributed by atoms with Gasteiger partial charge in [-0.25, -0.2) is 0 Å². The van der Waals surface area contributed by atoms with Crippen LogP contribution in [0.4, 0.5) is 0 Å². The van der Waals surface area contributed by atoms with Gasteiger partial charge in [-0.15, -0.1) is 0 Å². The second-order valence-electron chi connectivity index (χ2n) is 15.9. The zero-order chi connectivity index (χ0) is 30.2. The minimum atomic E-state index is -0.562. The predicted octanol–water partition coefficient (Wildman–Crippen LogP) is 8.40. The number of nitrogens with zero attached hydrogens (tertiary/aromatic N) is 2. The minimum Gasteiger partial charge on any atom is -0.390 e. The first kappa shape index (κ1) is 31.2. The van der Waals surface area contributed by atoms with E-state index in [1.165, 1.54) is 44.9 Å². The second-order valence-corrected chi connectivity index (χ2v) is 15.9. The second kappa shape index (κ2) is 12.5. The molecule has 0 radical (unpaired) electrons. The van der Waals surface area contributed by atoms with Gasteiger partial charge in [-0.1, -0.05) is 32.9 Å². The molecule has 0 amide bonds. The molecule has 2 heterocycles. The van der Waals surface area contributed by atoms with Crippen LogP contribution in [0.5, 0.6) is 0 Å². The smallest absolute Gasteiger partial charge is 0.0893 e. The van der Waals surface area contributed by atoms with Crippen molar-refractivity contribution < 1.29 is 14.6 Å². The zero-order valence-corrected chi connectivity index (χ0v) is 27.4. The lowest BCUT2D eigenvalue weighted by atomic mass is 9.44. The van der Waals surface area contributed by atoms with Crippen LogP contribution in [0.1, 0.15) is 110 Å².